The maximum atomic E-state index is 13.9. The fourth-order valence-electron chi connectivity index (χ4n) is 2.70. The topological polar surface area (TPSA) is 74.7 Å². The largest absolute Gasteiger partial charge is 0.478 e. The highest BCUT2D eigenvalue weighted by Crippen LogP contribution is 2.29. The molecule has 1 aromatic rings. The number of hydrogen-bond donors (Lipinski definition) is 1. The molecule has 1 aliphatic rings. The van der Waals surface area contributed by atoms with Gasteiger partial charge in [0.1, 0.15) is 10.7 Å². The Bertz CT molecular complexity index is 659. The molecule has 116 valence electrons. The summed E-state index contributed by atoms with van der Waals surface area (Å²) in [4.78, 5) is 10.4. The second kappa shape index (κ2) is 5.73. The Morgan fingerprint density at radius 2 is 2.05 bits per heavy atom. The van der Waals surface area contributed by atoms with Crippen LogP contribution in [0.4, 0.5) is 4.39 Å². The third-order valence-corrected chi connectivity index (χ3v) is 5.87. The van der Waals surface area contributed by atoms with E-state index >= 15 is 0 Å². The van der Waals surface area contributed by atoms with E-state index in [4.69, 9.17) is 5.11 Å². The molecule has 5 nitrogen and oxygen atoms in total. The molecule has 0 aliphatic carbocycles. The predicted molar refractivity (Wildman–Crippen MR) is 75.1 cm³/mol. The minimum atomic E-state index is -4.03. The van der Waals surface area contributed by atoms with Crippen LogP contribution in [-0.4, -0.2) is 36.4 Å². The van der Waals surface area contributed by atoms with Gasteiger partial charge in [0.15, 0.2) is 0 Å². The molecule has 0 radical (unpaired) electrons. The van der Waals surface area contributed by atoms with E-state index in [9.17, 15) is 17.6 Å². The molecule has 0 bridgehead atoms. The number of aromatic carboxylic acids is 1. The van der Waals surface area contributed by atoms with Crippen molar-refractivity contribution in [3.05, 3.63) is 29.6 Å². The van der Waals surface area contributed by atoms with Crippen LogP contribution in [0, 0.1) is 11.7 Å². The summed E-state index contributed by atoms with van der Waals surface area (Å²) in [5, 5.41) is 8.93. The van der Waals surface area contributed by atoms with Crippen molar-refractivity contribution in [2.75, 3.05) is 6.54 Å². The maximum Gasteiger partial charge on any atom is 0.335 e. The smallest absolute Gasteiger partial charge is 0.335 e. The van der Waals surface area contributed by atoms with Crippen molar-refractivity contribution in [2.45, 2.75) is 37.6 Å². The molecular formula is C14H18FNO4S. The van der Waals surface area contributed by atoms with Gasteiger partial charge < -0.3 is 5.11 Å². The molecule has 1 aliphatic heterocycles. The number of benzene rings is 1. The lowest BCUT2D eigenvalue weighted by Gasteiger charge is -2.35. The number of rotatable bonds is 3. The molecule has 1 fully saturated rings. The van der Waals surface area contributed by atoms with Crippen molar-refractivity contribution in [3.63, 3.8) is 0 Å². The maximum absolute atomic E-state index is 13.9. The van der Waals surface area contributed by atoms with Crippen molar-refractivity contribution >= 4 is 16.0 Å². The van der Waals surface area contributed by atoms with Gasteiger partial charge >= 0.3 is 5.97 Å². The average Bonchev–Trinajstić information content (AvgIpc) is 2.38. The summed E-state index contributed by atoms with van der Waals surface area (Å²) in [5.74, 6) is -1.79. The van der Waals surface area contributed by atoms with Crippen molar-refractivity contribution < 1.29 is 22.7 Å². The normalized spacial score (nSPS) is 24.0. The van der Waals surface area contributed by atoms with E-state index in [2.05, 4.69) is 0 Å². The van der Waals surface area contributed by atoms with Crippen LogP contribution in [0.5, 0.6) is 0 Å². The molecule has 1 N–H and O–H groups in total. The summed E-state index contributed by atoms with van der Waals surface area (Å²) < 4.78 is 40.3. The zero-order valence-corrected chi connectivity index (χ0v) is 12.7. The van der Waals surface area contributed by atoms with Crippen LogP contribution in [0.1, 0.15) is 37.0 Å². The summed E-state index contributed by atoms with van der Waals surface area (Å²) in [7, 11) is -4.03. The first kappa shape index (κ1) is 15.9. The molecule has 1 saturated heterocycles. The second-order valence-electron chi connectivity index (χ2n) is 5.54. The quantitative estimate of drug-likeness (QED) is 0.929. The second-order valence-corrected chi connectivity index (χ2v) is 7.40. The molecule has 1 aromatic carbocycles. The van der Waals surface area contributed by atoms with Crippen molar-refractivity contribution in [2.24, 2.45) is 5.92 Å². The molecular weight excluding hydrogens is 297 g/mol. The van der Waals surface area contributed by atoms with Crippen LogP contribution >= 0.6 is 0 Å². The fraction of sp³-hybridized carbons (Fsp3) is 0.500. The number of halogens is 1. The van der Waals surface area contributed by atoms with E-state index in [0.717, 1.165) is 18.2 Å². The van der Waals surface area contributed by atoms with E-state index in [-0.39, 0.29) is 11.6 Å². The van der Waals surface area contributed by atoms with Gasteiger partial charge in [0, 0.05) is 12.6 Å². The lowest BCUT2D eigenvalue weighted by atomic mass is 9.95. The Kier molecular flexibility index (Phi) is 4.34. The monoisotopic (exact) mass is 315 g/mol. The molecule has 2 rings (SSSR count). The first-order valence-electron chi connectivity index (χ1n) is 6.78. The van der Waals surface area contributed by atoms with Crippen LogP contribution in [-0.2, 0) is 10.0 Å². The number of carboxylic acid groups (broad SMARTS) is 1. The molecule has 2 atom stereocenters. The number of piperidine rings is 1. The Balaban J connectivity index is 2.44. The van der Waals surface area contributed by atoms with E-state index in [1.807, 2.05) is 6.92 Å². The number of sulfonamides is 1. The van der Waals surface area contributed by atoms with Gasteiger partial charge in [-0.2, -0.15) is 4.31 Å². The van der Waals surface area contributed by atoms with E-state index in [0.29, 0.717) is 25.3 Å². The van der Waals surface area contributed by atoms with Gasteiger partial charge in [-0.05, 0) is 43.9 Å². The summed E-state index contributed by atoms with van der Waals surface area (Å²) in [6.45, 7) is 4.15. The number of carboxylic acids is 1. The van der Waals surface area contributed by atoms with E-state index in [1.165, 1.54) is 4.31 Å². The molecule has 0 aromatic heterocycles. The van der Waals surface area contributed by atoms with Crippen LogP contribution in [0.2, 0.25) is 0 Å². The van der Waals surface area contributed by atoms with Crippen LogP contribution in [0.15, 0.2) is 23.1 Å². The summed E-state index contributed by atoms with van der Waals surface area (Å²) in [6.07, 6.45) is 1.42. The third kappa shape index (κ3) is 3.08. The number of carbonyl (C=O) groups is 1. The minimum Gasteiger partial charge on any atom is -0.478 e. The van der Waals surface area contributed by atoms with Gasteiger partial charge in [0.25, 0.3) is 0 Å². The van der Waals surface area contributed by atoms with Gasteiger partial charge in [0.05, 0.1) is 5.56 Å². The highest BCUT2D eigenvalue weighted by molar-refractivity contribution is 7.89. The Morgan fingerprint density at radius 3 is 2.62 bits per heavy atom. The first-order chi connectivity index (χ1) is 9.73. The molecule has 0 amide bonds. The van der Waals surface area contributed by atoms with Gasteiger partial charge in [0.2, 0.25) is 10.0 Å². The zero-order valence-electron chi connectivity index (χ0n) is 11.9. The number of hydrogen-bond acceptors (Lipinski definition) is 3. The third-order valence-electron chi connectivity index (χ3n) is 3.84. The van der Waals surface area contributed by atoms with E-state index in [1.54, 1.807) is 6.92 Å². The molecule has 2 unspecified atom stereocenters. The van der Waals surface area contributed by atoms with Gasteiger partial charge in [-0.3, -0.25) is 0 Å². The van der Waals surface area contributed by atoms with Crippen molar-refractivity contribution in [1.29, 1.82) is 0 Å². The molecule has 1 heterocycles. The van der Waals surface area contributed by atoms with Gasteiger partial charge in [-0.15, -0.1) is 0 Å². The van der Waals surface area contributed by atoms with Crippen molar-refractivity contribution in [3.8, 4) is 0 Å². The highest BCUT2D eigenvalue weighted by atomic mass is 32.2. The van der Waals surface area contributed by atoms with Gasteiger partial charge in [-0.25, -0.2) is 17.6 Å². The first-order valence-corrected chi connectivity index (χ1v) is 8.22. The number of nitrogens with zero attached hydrogens (tertiary/aromatic N) is 1. The summed E-state index contributed by atoms with van der Waals surface area (Å²) >= 11 is 0. The minimum absolute atomic E-state index is 0.230. The van der Waals surface area contributed by atoms with Crippen LogP contribution in [0.25, 0.3) is 0 Å². The summed E-state index contributed by atoms with van der Waals surface area (Å²) in [5.41, 5.74) is -0.243. The highest BCUT2D eigenvalue weighted by Gasteiger charge is 2.35. The Labute approximate surface area is 123 Å². The molecule has 0 saturated carbocycles. The van der Waals surface area contributed by atoms with Crippen molar-refractivity contribution in [1.82, 2.24) is 4.31 Å². The van der Waals surface area contributed by atoms with Gasteiger partial charge in [-0.1, -0.05) is 6.92 Å². The Hall–Kier alpha value is -1.47. The standard InChI is InChI=1S/C14H18FNO4S/c1-9-5-6-16(10(2)7-9)21(19,20)13-8-11(14(17)18)3-4-12(13)15/h3-4,8-10H,5-7H2,1-2H3,(H,17,18). The Morgan fingerprint density at radius 1 is 1.38 bits per heavy atom. The zero-order chi connectivity index (χ0) is 15.8. The lowest BCUT2D eigenvalue weighted by molar-refractivity contribution is 0.0696. The predicted octanol–water partition coefficient (Wildman–Crippen LogP) is 2.33. The molecule has 7 heteroatoms. The van der Waals surface area contributed by atoms with E-state index < -0.39 is 26.7 Å². The fourth-order valence-corrected chi connectivity index (χ4v) is 4.45. The molecule has 0 spiro atoms. The SMILES string of the molecule is CC1CCN(S(=O)(=O)c2cc(C(=O)O)ccc2F)C(C)C1. The average molecular weight is 315 g/mol. The summed E-state index contributed by atoms with van der Waals surface area (Å²) in [6, 6.07) is 2.59. The molecule has 21 heavy (non-hydrogen) atoms. The van der Waals surface area contributed by atoms with Crippen LogP contribution < -0.4 is 0 Å². The lowest BCUT2D eigenvalue weighted by Crippen LogP contribution is -2.44. The van der Waals surface area contributed by atoms with Crippen LogP contribution in [0.3, 0.4) is 0 Å².